The number of hydrogen-bond donors (Lipinski definition) is 2. The molecule has 0 bridgehead atoms. The zero-order valence-corrected chi connectivity index (χ0v) is 19.7. The summed E-state index contributed by atoms with van der Waals surface area (Å²) >= 11 is 0.975. The molecule has 10 heteroatoms. The maximum atomic E-state index is 14.1. The lowest BCUT2D eigenvalue weighted by Gasteiger charge is -2.29. The standard InChI is InChI=1S/C25H25F4N3O2S/c26-19-7-6-17(21-20(19)31-23(34)35-21)13-32-9-8-24(14-32,11-15-4-5-15)22(33)30-12-16-2-1-3-18(10-16)25(27,28)29/h1-3,6-7,10,15H,4-5,8-9,11-14H2,(H,30,33)(H,31,34). The molecule has 1 aliphatic heterocycles. The summed E-state index contributed by atoms with van der Waals surface area (Å²) in [5, 5.41) is 2.89. The average molecular weight is 508 g/mol. The topological polar surface area (TPSA) is 65.2 Å². The predicted octanol–water partition coefficient (Wildman–Crippen LogP) is 5.06. The van der Waals surface area contributed by atoms with Gasteiger partial charge >= 0.3 is 11.0 Å². The van der Waals surface area contributed by atoms with Gasteiger partial charge in [-0.15, -0.1) is 0 Å². The summed E-state index contributed by atoms with van der Waals surface area (Å²) < 4.78 is 53.8. The van der Waals surface area contributed by atoms with E-state index in [1.54, 1.807) is 12.1 Å². The molecule has 1 saturated carbocycles. The number of thiazole rings is 1. The van der Waals surface area contributed by atoms with Crippen molar-refractivity contribution in [1.29, 1.82) is 0 Å². The molecular formula is C25H25F4N3O2S. The normalized spacial score (nSPS) is 21.0. The minimum Gasteiger partial charge on any atom is -0.352 e. The van der Waals surface area contributed by atoms with E-state index in [1.165, 1.54) is 12.1 Å². The van der Waals surface area contributed by atoms with Gasteiger partial charge in [-0.3, -0.25) is 14.5 Å². The van der Waals surface area contributed by atoms with E-state index in [4.69, 9.17) is 0 Å². The van der Waals surface area contributed by atoms with Crippen molar-refractivity contribution in [3.63, 3.8) is 0 Å². The number of H-pyrrole nitrogens is 1. The molecule has 1 aliphatic carbocycles. The summed E-state index contributed by atoms with van der Waals surface area (Å²) in [7, 11) is 0. The number of aromatic amines is 1. The molecule has 2 aromatic carbocycles. The van der Waals surface area contributed by atoms with Crippen LogP contribution in [0.15, 0.2) is 41.2 Å². The lowest BCUT2D eigenvalue weighted by atomic mass is 9.80. The van der Waals surface area contributed by atoms with Crippen LogP contribution in [0, 0.1) is 17.2 Å². The third kappa shape index (κ3) is 5.13. The van der Waals surface area contributed by atoms with Crippen LogP contribution in [0.4, 0.5) is 17.6 Å². The predicted molar refractivity (Wildman–Crippen MR) is 125 cm³/mol. The summed E-state index contributed by atoms with van der Waals surface area (Å²) in [5.41, 5.74) is 0.0890. The Morgan fingerprint density at radius 3 is 2.77 bits per heavy atom. The van der Waals surface area contributed by atoms with Gasteiger partial charge in [0.05, 0.1) is 21.2 Å². The van der Waals surface area contributed by atoms with Crippen LogP contribution in [-0.2, 0) is 24.1 Å². The number of carbonyl (C=O) groups is 1. The highest BCUT2D eigenvalue weighted by atomic mass is 32.1. The van der Waals surface area contributed by atoms with E-state index in [9.17, 15) is 27.2 Å². The Kier molecular flexibility index (Phi) is 6.21. The number of nitrogens with zero attached hydrogens (tertiary/aromatic N) is 1. The Labute approximate surface area is 203 Å². The highest BCUT2D eigenvalue weighted by Gasteiger charge is 2.47. The van der Waals surface area contributed by atoms with E-state index in [0.717, 1.165) is 48.3 Å². The van der Waals surface area contributed by atoms with Crippen LogP contribution in [0.5, 0.6) is 0 Å². The Bertz CT molecular complexity index is 1310. The first-order chi connectivity index (χ1) is 16.6. The summed E-state index contributed by atoms with van der Waals surface area (Å²) in [6.45, 7) is 1.70. The van der Waals surface area contributed by atoms with Crippen molar-refractivity contribution in [2.45, 2.75) is 44.9 Å². The fraction of sp³-hybridized carbons (Fsp3) is 0.440. The lowest BCUT2D eigenvalue weighted by Crippen LogP contribution is -2.43. The largest absolute Gasteiger partial charge is 0.416 e. The van der Waals surface area contributed by atoms with Crippen molar-refractivity contribution < 1.29 is 22.4 Å². The van der Waals surface area contributed by atoms with Crippen molar-refractivity contribution in [3.8, 4) is 0 Å². The molecule has 1 atom stereocenters. The van der Waals surface area contributed by atoms with Crippen LogP contribution in [0.3, 0.4) is 0 Å². The number of alkyl halides is 3. The number of halogens is 4. The van der Waals surface area contributed by atoms with E-state index in [1.807, 2.05) is 0 Å². The van der Waals surface area contributed by atoms with Crippen LogP contribution in [0.2, 0.25) is 0 Å². The van der Waals surface area contributed by atoms with E-state index in [2.05, 4.69) is 15.2 Å². The second kappa shape index (κ2) is 9.05. The zero-order chi connectivity index (χ0) is 24.8. The Hall–Kier alpha value is -2.72. The van der Waals surface area contributed by atoms with Crippen molar-refractivity contribution >= 4 is 27.5 Å². The van der Waals surface area contributed by atoms with Gasteiger partial charge in [0.1, 0.15) is 5.82 Å². The smallest absolute Gasteiger partial charge is 0.352 e. The fourth-order valence-corrected chi connectivity index (χ4v) is 5.91. The van der Waals surface area contributed by atoms with Gasteiger partial charge in [-0.2, -0.15) is 13.2 Å². The van der Waals surface area contributed by atoms with Crippen LogP contribution in [0.25, 0.3) is 10.2 Å². The van der Waals surface area contributed by atoms with Gasteiger partial charge in [0.25, 0.3) is 0 Å². The van der Waals surface area contributed by atoms with Crippen LogP contribution in [0.1, 0.15) is 42.4 Å². The molecule has 2 fully saturated rings. The monoisotopic (exact) mass is 507 g/mol. The van der Waals surface area contributed by atoms with Gasteiger partial charge in [0.2, 0.25) is 5.91 Å². The first-order valence-electron chi connectivity index (χ1n) is 11.6. The molecule has 1 unspecified atom stereocenters. The molecule has 5 rings (SSSR count). The molecule has 2 heterocycles. The van der Waals surface area contributed by atoms with Gasteiger partial charge in [-0.1, -0.05) is 42.4 Å². The minimum atomic E-state index is -4.43. The van der Waals surface area contributed by atoms with Crippen LogP contribution >= 0.6 is 11.3 Å². The van der Waals surface area contributed by atoms with Gasteiger partial charge in [-0.05, 0) is 54.6 Å². The first kappa shape index (κ1) is 24.0. The molecule has 1 saturated heterocycles. The van der Waals surface area contributed by atoms with Gasteiger partial charge < -0.3 is 10.3 Å². The molecule has 35 heavy (non-hydrogen) atoms. The summed E-state index contributed by atoms with van der Waals surface area (Å²) in [6, 6.07) is 8.03. The fourth-order valence-electron chi connectivity index (χ4n) is 5.06. The molecule has 0 spiro atoms. The lowest BCUT2D eigenvalue weighted by molar-refractivity contribution is -0.137. The molecule has 186 valence electrons. The van der Waals surface area contributed by atoms with E-state index in [-0.39, 0.29) is 22.8 Å². The molecule has 1 amide bonds. The number of rotatable bonds is 7. The molecule has 2 aliphatic rings. The van der Waals surface area contributed by atoms with Crippen LogP contribution in [-0.4, -0.2) is 28.9 Å². The Morgan fingerprint density at radius 1 is 1.23 bits per heavy atom. The molecule has 5 nitrogen and oxygen atoms in total. The van der Waals surface area contributed by atoms with E-state index < -0.39 is 23.0 Å². The average Bonchev–Trinajstić information content (AvgIpc) is 3.38. The van der Waals surface area contributed by atoms with Crippen LogP contribution < -0.4 is 10.2 Å². The zero-order valence-electron chi connectivity index (χ0n) is 18.9. The second-order valence-corrected chi connectivity index (χ2v) is 10.7. The molecular weight excluding hydrogens is 482 g/mol. The Morgan fingerprint density at radius 2 is 2.03 bits per heavy atom. The van der Waals surface area contributed by atoms with E-state index >= 15 is 0 Å². The van der Waals surface area contributed by atoms with E-state index in [0.29, 0.717) is 42.2 Å². The highest BCUT2D eigenvalue weighted by molar-refractivity contribution is 7.16. The SMILES string of the molecule is O=C(NCc1cccc(C(F)(F)F)c1)C1(CC2CC2)CCN(Cc2ccc(F)c3[nH]c(=O)sc23)C1. The minimum absolute atomic E-state index is 0.0328. The third-order valence-electron chi connectivity index (χ3n) is 7.00. The molecule has 0 radical (unpaired) electrons. The number of fused-ring (bicyclic) bond motifs is 1. The quantitative estimate of drug-likeness (QED) is 0.440. The van der Waals surface area contributed by atoms with Gasteiger partial charge in [0.15, 0.2) is 0 Å². The molecule has 2 N–H and O–H groups in total. The number of hydrogen-bond acceptors (Lipinski definition) is 4. The second-order valence-electron chi connectivity index (χ2n) is 9.69. The number of nitrogens with one attached hydrogen (secondary N) is 2. The first-order valence-corrected chi connectivity index (χ1v) is 12.4. The van der Waals surface area contributed by atoms with Crippen molar-refractivity contribution in [2.75, 3.05) is 13.1 Å². The Balaban J connectivity index is 1.30. The van der Waals surface area contributed by atoms with Crippen molar-refractivity contribution in [2.24, 2.45) is 11.3 Å². The van der Waals surface area contributed by atoms with Crippen molar-refractivity contribution in [3.05, 3.63) is 68.6 Å². The third-order valence-corrected chi connectivity index (χ3v) is 7.96. The highest BCUT2D eigenvalue weighted by Crippen LogP contribution is 2.45. The number of likely N-dealkylation sites (tertiary alicyclic amines) is 1. The summed E-state index contributed by atoms with van der Waals surface area (Å²) in [6.07, 6.45) is -0.880. The number of benzene rings is 2. The maximum Gasteiger partial charge on any atom is 0.416 e. The maximum absolute atomic E-state index is 14.1. The summed E-state index contributed by atoms with van der Waals surface area (Å²) in [5.74, 6) is -0.123. The number of aromatic nitrogens is 1. The molecule has 1 aromatic heterocycles. The van der Waals surface area contributed by atoms with Gasteiger partial charge in [0, 0.05) is 19.6 Å². The van der Waals surface area contributed by atoms with Crippen molar-refractivity contribution in [1.82, 2.24) is 15.2 Å². The summed E-state index contributed by atoms with van der Waals surface area (Å²) in [4.78, 5) is 29.5. The molecule has 3 aromatic rings. The number of amides is 1. The van der Waals surface area contributed by atoms with Gasteiger partial charge in [-0.25, -0.2) is 4.39 Å². The number of carbonyl (C=O) groups excluding carboxylic acids is 1.